The van der Waals surface area contributed by atoms with Crippen molar-refractivity contribution in [3.05, 3.63) is 0 Å². The first-order valence-electron chi connectivity index (χ1n) is 7.65. The Bertz CT molecular complexity index is 362. The second-order valence-electron chi connectivity index (χ2n) is 6.34. The maximum absolute atomic E-state index is 12.1. The summed E-state index contributed by atoms with van der Waals surface area (Å²) in [6, 6.07) is 0.246. The van der Waals surface area contributed by atoms with E-state index in [9.17, 15) is 9.59 Å². The number of carbonyl (C=O) groups is 2. The summed E-state index contributed by atoms with van der Waals surface area (Å²) in [5, 5.41) is 3.10. The number of nitrogens with zero attached hydrogens (tertiary/aromatic N) is 1. The quantitative estimate of drug-likeness (QED) is 0.846. The van der Waals surface area contributed by atoms with Crippen LogP contribution < -0.4 is 5.32 Å². The third-order valence-electron chi connectivity index (χ3n) is 4.20. The molecule has 0 spiro atoms. The average Bonchev–Trinajstić information content (AvgIpc) is 2.71. The molecule has 1 N–H and O–H groups in total. The van der Waals surface area contributed by atoms with Gasteiger partial charge in [-0.25, -0.2) is 0 Å². The second-order valence-corrected chi connectivity index (χ2v) is 6.34. The monoisotopic (exact) mass is 282 g/mol. The van der Waals surface area contributed by atoms with E-state index < -0.39 is 0 Å². The maximum Gasteiger partial charge on any atom is 0.225 e. The first kappa shape index (κ1) is 15.3. The maximum atomic E-state index is 12.1. The van der Waals surface area contributed by atoms with Crippen molar-refractivity contribution in [2.45, 2.75) is 64.2 Å². The molecule has 20 heavy (non-hydrogen) atoms. The van der Waals surface area contributed by atoms with Crippen molar-refractivity contribution in [3.8, 4) is 0 Å². The topological polar surface area (TPSA) is 58.6 Å². The van der Waals surface area contributed by atoms with E-state index in [1.807, 2.05) is 0 Å². The number of hydrogen-bond acceptors (Lipinski definition) is 3. The van der Waals surface area contributed by atoms with Crippen LogP contribution in [0.3, 0.4) is 0 Å². The van der Waals surface area contributed by atoms with E-state index in [0.29, 0.717) is 19.1 Å². The largest absolute Gasteiger partial charge is 0.376 e. The normalized spacial score (nSPS) is 30.9. The Morgan fingerprint density at radius 3 is 2.45 bits per heavy atom. The SMILES string of the molecule is CC(C)OC1CCC(NC(=O)C2CC(=O)N(C)C2)CC1. The van der Waals surface area contributed by atoms with Gasteiger partial charge in [0.15, 0.2) is 0 Å². The molecule has 1 unspecified atom stereocenters. The van der Waals surface area contributed by atoms with Crippen LogP contribution in [0.4, 0.5) is 0 Å². The lowest BCUT2D eigenvalue weighted by atomic mass is 9.92. The van der Waals surface area contributed by atoms with Crippen LogP contribution in [0.2, 0.25) is 0 Å². The van der Waals surface area contributed by atoms with Gasteiger partial charge in [0.05, 0.1) is 18.1 Å². The number of nitrogens with one attached hydrogen (secondary N) is 1. The molecular formula is C15H26N2O3. The molecule has 0 aromatic carbocycles. The molecule has 1 atom stereocenters. The Labute approximate surface area is 121 Å². The average molecular weight is 282 g/mol. The smallest absolute Gasteiger partial charge is 0.225 e. The van der Waals surface area contributed by atoms with Gasteiger partial charge in [-0.3, -0.25) is 9.59 Å². The number of hydrogen-bond donors (Lipinski definition) is 1. The van der Waals surface area contributed by atoms with Crippen LogP contribution in [0, 0.1) is 5.92 Å². The molecule has 1 aliphatic carbocycles. The fourth-order valence-corrected chi connectivity index (χ4v) is 3.09. The van der Waals surface area contributed by atoms with Crippen LogP contribution in [0.5, 0.6) is 0 Å². The van der Waals surface area contributed by atoms with Gasteiger partial charge in [-0.05, 0) is 39.5 Å². The van der Waals surface area contributed by atoms with Gasteiger partial charge in [0.2, 0.25) is 11.8 Å². The fraction of sp³-hybridized carbons (Fsp3) is 0.867. The lowest BCUT2D eigenvalue weighted by molar-refractivity contribution is -0.128. The minimum Gasteiger partial charge on any atom is -0.376 e. The van der Waals surface area contributed by atoms with E-state index in [1.54, 1.807) is 11.9 Å². The summed E-state index contributed by atoms with van der Waals surface area (Å²) in [5.74, 6) is -0.0627. The molecule has 0 bridgehead atoms. The summed E-state index contributed by atoms with van der Waals surface area (Å²) in [7, 11) is 1.75. The molecule has 1 saturated heterocycles. The summed E-state index contributed by atoms with van der Waals surface area (Å²) in [6.07, 6.45) is 4.92. The molecule has 2 aliphatic rings. The van der Waals surface area contributed by atoms with E-state index in [2.05, 4.69) is 19.2 Å². The molecule has 5 nitrogen and oxygen atoms in total. The first-order valence-corrected chi connectivity index (χ1v) is 7.65. The minimum atomic E-state index is -0.169. The number of ether oxygens (including phenoxy) is 1. The summed E-state index contributed by atoms with van der Waals surface area (Å²) in [6.45, 7) is 4.67. The van der Waals surface area contributed by atoms with Gasteiger partial charge in [0, 0.05) is 26.1 Å². The lowest BCUT2D eigenvalue weighted by Gasteiger charge is -2.30. The zero-order chi connectivity index (χ0) is 14.7. The molecule has 1 heterocycles. The van der Waals surface area contributed by atoms with E-state index >= 15 is 0 Å². The van der Waals surface area contributed by atoms with Crippen molar-refractivity contribution in [1.82, 2.24) is 10.2 Å². The van der Waals surface area contributed by atoms with Crippen LogP contribution in [0.25, 0.3) is 0 Å². The number of amides is 2. The molecule has 2 rings (SSSR count). The van der Waals surface area contributed by atoms with Gasteiger partial charge >= 0.3 is 0 Å². The third-order valence-corrected chi connectivity index (χ3v) is 4.20. The van der Waals surface area contributed by atoms with Gasteiger partial charge in [0.1, 0.15) is 0 Å². The van der Waals surface area contributed by atoms with Crippen LogP contribution in [-0.4, -0.2) is 48.6 Å². The predicted molar refractivity (Wildman–Crippen MR) is 76.2 cm³/mol. The van der Waals surface area contributed by atoms with Crippen molar-refractivity contribution < 1.29 is 14.3 Å². The Morgan fingerprint density at radius 2 is 1.95 bits per heavy atom. The summed E-state index contributed by atoms with van der Waals surface area (Å²) in [4.78, 5) is 25.2. The molecule has 2 amide bonds. The highest BCUT2D eigenvalue weighted by atomic mass is 16.5. The Balaban J connectivity index is 1.73. The molecule has 5 heteroatoms. The van der Waals surface area contributed by atoms with Crippen molar-refractivity contribution in [3.63, 3.8) is 0 Å². The second kappa shape index (κ2) is 6.57. The van der Waals surface area contributed by atoms with Crippen molar-refractivity contribution in [1.29, 1.82) is 0 Å². The summed E-state index contributed by atoms with van der Waals surface area (Å²) in [5.41, 5.74) is 0. The van der Waals surface area contributed by atoms with E-state index in [4.69, 9.17) is 4.74 Å². The number of likely N-dealkylation sites (tertiary alicyclic amines) is 1. The third kappa shape index (κ3) is 3.95. The van der Waals surface area contributed by atoms with Crippen LogP contribution >= 0.6 is 0 Å². The lowest BCUT2D eigenvalue weighted by Crippen LogP contribution is -2.42. The standard InChI is InChI=1S/C15H26N2O3/c1-10(2)20-13-6-4-12(5-7-13)16-15(19)11-8-14(18)17(3)9-11/h10-13H,4-9H2,1-3H3,(H,16,19). The predicted octanol–water partition coefficient (Wildman–Crippen LogP) is 1.32. The highest BCUT2D eigenvalue weighted by Crippen LogP contribution is 2.23. The van der Waals surface area contributed by atoms with Crippen molar-refractivity contribution >= 4 is 11.8 Å². The van der Waals surface area contributed by atoms with Gasteiger partial charge in [-0.1, -0.05) is 0 Å². The van der Waals surface area contributed by atoms with Gasteiger partial charge in [-0.15, -0.1) is 0 Å². The first-order chi connectivity index (χ1) is 9.45. The Hall–Kier alpha value is -1.10. The summed E-state index contributed by atoms with van der Waals surface area (Å²) >= 11 is 0. The molecule has 0 radical (unpaired) electrons. The van der Waals surface area contributed by atoms with E-state index in [1.165, 1.54) is 0 Å². The molecule has 1 aliphatic heterocycles. The molecule has 0 aromatic heterocycles. The highest BCUT2D eigenvalue weighted by Gasteiger charge is 2.33. The summed E-state index contributed by atoms with van der Waals surface area (Å²) < 4.78 is 5.81. The number of carbonyl (C=O) groups excluding carboxylic acids is 2. The van der Waals surface area contributed by atoms with Gasteiger partial charge in [0.25, 0.3) is 0 Å². The fourth-order valence-electron chi connectivity index (χ4n) is 3.09. The molecule has 0 aromatic rings. The van der Waals surface area contributed by atoms with E-state index in [-0.39, 0.29) is 29.9 Å². The molecule has 1 saturated carbocycles. The van der Waals surface area contributed by atoms with Crippen molar-refractivity contribution in [2.75, 3.05) is 13.6 Å². The van der Waals surface area contributed by atoms with Gasteiger partial charge < -0.3 is 15.0 Å². The highest BCUT2D eigenvalue weighted by molar-refractivity contribution is 5.89. The minimum absolute atomic E-state index is 0.0379. The molecular weight excluding hydrogens is 256 g/mol. The zero-order valence-corrected chi connectivity index (χ0v) is 12.7. The number of rotatable bonds is 4. The van der Waals surface area contributed by atoms with E-state index in [0.717, 1.165) is 25.7 Å². The van der Waals surface area contributed by atoms with Crippen LogP contribution in [-0.2, 0) is 14.3 Å². The van der Waals surface area contributed by atoms with Crippen molar-refractivity contribution in [2.24, 2.45) is 5.92 Å². The van der Waals surface area contributed by atoms with Crippen LogP contribution in [0.15, 0.2) is 0 Å². The molecule has 114 valence electrons. The Kier molecular flexibility index (Phi) is 5.02. The van der Waals surface area contributed by atoms with Gasteiger partial charge in [-0.2, -0.15) is 0 Å². The Morgan fingerprint density at radius 1 is 1.30 bits per heavy atom. The van der Waals surface area contributed by atoms with Crippen LogP contribution in [0.1, 0.15) is 46.0 Å². The zero-order valence-electron chi connectivity index (χ0n) is 12.7. The molecule has 2 fully saturated rings.